The van der Waals surface area contributed by atoms with Crippen molar-refractivity contribution in [3.8, 4) is 0 Å². The summed E-state index contributed by atoms with van der Waals surface area (Å²) < 4.78 is 0. The molecule has 0 bridgehead atoms. The maximum atomic E-state index is 12.0. The van der Waals surface area contributed by atoms with E-state index in [1.807, 2.05) is 54.6 Å². The molecule has 0 spiro atoms. The summed E-state index contributed by atoms with van der Waals surface area (Å²) in [5.74, 6) is -0.00762. The quantitative estimate of drug-likeness (QED) is 0.721. The molecule has 2 N–H and O–H groups in total. The first-order chi connectivity index (χ1) is 12.9. The molecular weight excluding hydrogens is 358 g/mol. The first kappa shape index (κ1) is 20.6. The SMILES string of the molecule is CN(C)C(=O)CCc1ccc(NC(=S)NC(=O)CCc2ccccc2)cc1. The van der Waals surface area contributed by atoms with Gasteiger partial charge in [-0.1, -0.05) is 42.5 Å². The summed E-state index contributed by atoms with van der Waals surface area (Å²) in [5.41, 5.74) is 2.99. The summed E-state index contributed by atoms with van der Waals surface area (Å²) in [5, 5.41) is 5.98. The number of amides is 2. The van der Waals surface area contributed by atoms with E-state index in [1.54, 1.807) is 19.0 Å². The molecule has 6 heteroatoms. The van der Waals surface area contributed by atoms with Crippen LogP contribution >= 0.6 is 12.2 Å². The van der Waals surface area contributed by atoms with Gasteiger partial charge >= 0.3 is 0 Å². The smallest absolute Gasteiger partial charge is 0.226 e. The number of benzene rings is 2. The van der Waals surface area contributed by atoms with Gasteiger partial charge in [-0.15, -0.1) is 0 Å². The van der Waals surface area contributed by atoms with Crippen molar-refractivity contribution < 1.29 is 9.59 Å². The number of nitrogens with one attached hydrogen (secondary N) is 2. The van der Waals surface area contributed by atoms with Crippen molar-refractivity contribution in [1.29, 1.82) is 0 Å². The van der Waals surface area contributed by atoms with Crippen molar-refractivity contribution >= 4 is 34.8 Å². The van der Waals surface area contributed by atoms with Crippen LogP contribution in [0, 0.1) is 0 Å². The van der Waals surface area contributed by atoms with E-state index >= 15 is 0 Å². The van der Waals surface area contributed by atoms with Gasteiger partial charge in [0, 0.05) is 32.6 Å². The Labute approximate surface area is 165 Å². The number of rotatable bonds is 7. The molecule has 0 saturated heterocycles. The molecule has 2 rings (SSSR count). The van der Waals surface area contributed by atoms with Crippen LogP contribution in [0.4, 0.5) is 5.69 Å². The first-order valence-corrected chi connectivity index (χ1v) is 9.28. The Balaban J connectivity index is 1.74. The van der Waals surface area contributed by atoms with E-state index < -0.39 is 0 Å². The lowest BCUT2D eigenvalue weighted by Gasteiger charge is -2.11. The molecule has 0 atom stereocenters. The second-order valence-electron chi connectivity index (χ2n) is 6.47. The average molecular weight is 384 g/mol. The summed E-state index contributed by atoms with van der Waals surface area (Å²) in [6, 6.07) is 17.5. The summed E-state index contributed by atoms with van der Waals surface area (Å²) >= 11 is 5.20. The Bertz CT molecular complexity index is 774. The fourth-order valence-electron chi connectivity index (χ4n) is 2.48. The highest BCUT2D eigenvalue weighted by atomic mass is 32.1. The van der Waals surface area contributed by atoms with E-state index in [0.717, 1.165) is 16.8 Å². The van der Waals surface area contributed by atoms with Crippen LogP contribution in [-0.2, 0) is 22.4 Å². The van der Waals surface area contributed by atoms with Gasteiger partial charge in [-0.2, -0.15) is 0 Å². The van der Waals surface area contributed by atoms with Gasteiger partial charge in [0.25, 0.3) is 0 Å². The lowest BCUT2D eigenvalue weighted by molar-refractivity contribution is -0.128. The standard InChI is InChI=1S/C21H25N3O2S/c1-24(2)20(26)15-11-17-8-12-18(13-9-17)22-21(27)23-19(25)14-10-16-6-4-3-5-7-16/h3-9,12-13H,10-11,14-15H2,1-2H3,(H2,22,23,25,27). The van der Waals surface area contributed by atoms with Crippen LogP contribution in [0.3, 0.4) is 0 Å². The van der Waals surface area contributed by atoms with Crippen molar-refractivity contribution in [2.24, 2.45) is 0 Å². The molecule has 5 nitrogen and oxygen atoms in total. The molecule has 0 unspecified atom stereocenters. The molecule has 0 aromatic heterocycles. The molecule has 0 fully saturated rings. The minimum absolute atomic E-state index is 0.108. The van der Waals surface area contributed by atoms with Crippen LogP contribution in [0.1, 0.15) is 24.0 Å². The highest BCUT2D eigenvalue weighted by molar-refractivity contribution is 7.80. The molecule has 2 amide bonds. The molecule has 142 valence electrons. The number of thiocarbonyl (C=S) groups is 1. The van der Waals surface area contributed by atoms with Crippen LogP contribution in [0.5, 0.6) is 0 Å². The lowest BCUT2D eigenvalue weighted by atomic mass is 10.1. The molecule has 0 radical (unpaired) electrons. The summed E-state index contributed by atoms with van der Waals surface area (Å²) in [4.78, 5) is 25.2. The Morgan fingerprint density at radius 3 is 2.11 bits per heavy atom. The van der Waals surface area contributed by atoms with Gasteiger partial charge in [-0.05, 0) is 48.3 Å². The van der Waals surface area contributed by atoms with Gasteiger partial charge in [-0.25, -0.2) is 0 Å². The molecule has 0 aliphatic rings. The number of hydrogen-bond acceptors (Lipinski definition) is 3. The second kappa shape index (κ2) is 10.4. The minimum Gasteiger partial charge on any atom is -0.349 e. The maximum absolute atomic E-state index is 12.0. The largest absolute Gasteiger partial charge is 0.349 e. The van der Waals surface area contributed by atoms with Gasteiger partial charge in [0.05, 0.1) is 0 Å². The van der Waals surface area contributed by atoms with E-state index in [0.29, 0.717) is 25.7 Å². The predicted octanol–water partition coefficient (Wildman–Crippen LogP) is 3.15. The van der Waals surface area contributed by atoms with Crippen molar-refractivity contribution in [2.45, 2.75) is 25.7 Å². The van der Waals surface area contributed by atoms with Gasteiger partial charge in [0.2, 0.25) is 11.8 Å². The summed E-state index contributed by atoms with van der Waals surface area (Å²) in [7, 11) is 3.51. The predicted molar refractivity (Wildman–Crippen MR) is 113 cm³/mol. The van der Waals surface area contributed by atoms with Crippen molar-refractivity contribution in [2.75, 3.05) is 19.4 Å². The monoisotopic (exact) mass is 383 g/mol. The number of hydrogen-bond donors (Lipinski definition) is 2. The zero-order valence-electron chi connectivity index (χ0n) is 15.7. The highest BCUT2D eigenvalue weighted by Gasteiger charge is 2.07. The van der Waals surface area contributed by atoms with E-state index in [1.165, 1.54) is 0 Å². The number of carbonyl (C=O) groups excluding carboxylic acids is 2. The minimum atomic E-state index is -0.116. The number of carbonyl (C=O) groups is 2. The van der Waals surface area contributed by atoms with E-state index in [2.05, 4.69) is 10.6 Å². The number of anilines is 1. The van der Waals surface area contributed by atoms with Crippen molar-refractivity contribution in [3.05, 3.63) is 65.7 Å². The highest BCUT2D eigenvalue weighted by Crippen LogP contribution is 2.11. The third kappa shape index (κ3) is 7.58. The van der Waals surface area contributed by atoms with Crippen LogP contribution in [0.25, 0.3) is 0 Å². The van der Waals surface area contributed by atoms with Crippen LogP contribution < -0.4 is 10.6 Å². The van der Waals surface area contributed by atoms with Gasteiger partial charge in [-0.3, -0.25) is 9.59 Å². The number of aryl methyl sites for hydroxylation is 2. The van der Waals surface area contributed by atoms with Gasteiger partial charge in [0.1, 0.15) is 0 Å². The first-order valence-electron chi connectivity index (χ1n) is 8.88. The topological polar surface area (TPSA) is 61.4 Å². The fraction of sp³-hybridized carbons (Fsp3) is 0.286. The molecule has 0 saturated carbocycles. The molecule has 2 aromatic carbocycles. The summed E-state index contributed by atoms with van der Waals surface area (Å²) in [6.45, 7) is 0. The summed E-state index contributed by atoms with van der Waals surface area (Å²) in [6.07, 6.45) is 2.23. The average Bonchev–Trinajstić information content (AvgIpc) is 2.66. The third-order valence-corrected chi connectivity index (χ3v) is 4.28. The number of nitrogens with zero attached hydrogens (tertiary/aromatic N) is 1. The zero-order valence-corrected chi connectivity index (χ0v) is 16.5. The molecule has 0 aliphatic heterocycles. The van der Waals surface area contributed by atoms with Crippen molar-refractivity contribution in [3.63, 3.8) is 0 Å². The fourth-order valence-corrected chi connectivity index (χ4v) is 2.72. The molecule has 0 aliphatic carbocycles. The van der Waals surface area contributed by atoms with E-state index in [4.69, 9.17) is 12.2 Å². The van der Waals surface area contributed by atoms with E-state index in [-0.39, 0.29) is 16.9 Å². The molecule has 2 aromatic rings. The molecule has 27 heavy (non-hydrogen) atoms. The lowest BCUT2D eigenvalue weighted by Crippen LogP contribution is -2.34. The van der Waals surface area contributed by atoms with Crippen LogP contribution in [-0.4, -0.2) is 35.9 Å². The molecular formula is C21H25N3O2S. The van der Waals surface area contributed by atoms with E-state index in [9.17, 15) is 9.59 Å². The Morgan fingerprint density at radius 1 is 0.889 bits per heavy atom. The normalized spacial score (nSPS) is 10.1. The Morgan fingerprint density at radius 2 is 1.48 bits per heavy atom. The second-order valence-corrected chi connectivity index (χ2v) is 6.88. The third-order valence-electron chi connectivity index (χ3n) is 4.07. The van der Waals surface area contributed by atoms with Crippen molar-refractivity contribution in [1.82, 2.24) is 10.2 Å². The van der Waals surface area contributed by atoms with Crippen LogP contribution in [0.2, 0.25) is 0 Å². The Kier molecular flexibility index (Phi) is 7.95. The maximum Gasteiger partial charge on any atom is 0.226 e. The van der Waals surface area contributed by atoms with Gasteiger partial charge in [0.15, 0.2) is 5.11 Å². The Hall–Kier alpha value is -2.73. The van der Waals surface area contributed by atoms with Crippen LogP contribution in [0.15, 0.2) is 54.6 Å². The zero-order chi connectivity index (χ0) is 19.6. The molecule has 0 heterocycles. The van der Waals surface area contributed by atoms with Gasteiger partial charge < -0.3 is 15.5 Å².